The number of hydrogen-bond donors (Lipinski definition) is 2. The van der Waals surface area contributed by atoms with E-state index in [1.165, 1.54) is 5.57 Å². The number of allylic oxidation sites excluding steroid dienone is 2. The number of rotatable bonds is 0. The van der Waals surface area contributed by atoms with Crippen molar-refractivity contribution in [3.05, 3.63) is 11.3 Å². The largest absolute Gasteiger partial charge is 0.402 e. The highest BCUT2D eigenvalue weighted by molar-refractivity contribution is 5.85. The molecule has 0 heterocycles. The van der Waals surface area contributed by atoms with Crippen LogP contribution in [0.4, 0.5) is 0 Å². The summed E-state index contributed by atoms with van der Waals surface area (Å²) in [6.45, 7) is 5.89. The van der Waals surface area contributed by atoms with Crippen molar-refractivity contribution < 1.29 is 0 Å². The van der Waals surface area contributed by atoms with Gasteiger partial charge in [0.25, 0.3) is 0 Å². The zero-order valence-electron chi connectivity index (χ0n) is 5.69. The fraction of sp³-hybridized carbons (Fsp3) is 0.600. The number of hydrogen-bond acceptors (Lipinski definition) is 2. The first-order valence-electron chi connectivity index (χ1n) is 2.04. The Bertz CT molecular complexity index is 60.5. The molecule has 0 aliphatic carbocycles. The van der Waals surface area contributed by atoms with Gasteiger partial charge >= 0.3 is 0 Å². The monoisotopic (exact) mass is 138 g/mol. The Morgan fingerprint density at radius 1 is 1.12 bits per heavy atom. The Hall–Kier alpha value is -0.210. The summed E-state index contributed by atoms with van der Waals surface area (Å²) in [6.07, 6.45) is 0. The van der Waals surface area contributed by atoms with E-state index in [1.807, 2.05) is 20.8 Å². The molecule has 0 aromatic heterocycles. The second kappa shape index (κ2) is 6.79. The molecule has 0 rings (SSSR count). The first-order valence-corrected chi connectivity index (χ1v) is 2.04. The summed E-state index contributed by atoms with van der Waals surface area (Å²) < 4.78 is 0. The van der Waals surface area contributed by atoms with Crippen molar-refractivity contribution in [2.75, 3.05) is 0 Å². The van der Waals surface area contributed by atoms with E-state index in [9.17, 15) is 0 Å². The SMILES string of the molecule is CC(C)=C(C)N.Cl.N. The van der Waals surface area contributed by atoms with Gasteiger partial charge in [-0.2, -0.15) is 0 Å². The molecule has 2 nitrogen and oxygen atoms in total. The van der Waals surface area contributed by atoms with Crippen molar-refractivity contribution in [2.24, 2.45) is 5.73 Å². The molecule has 52 valence electrons. The van der Waals surface area contributed by atoms with Crippen LogP contribution in [0.15, 0.2) is 11.3 Å². The number of nitrogens with two attached hydrogens (primary N) is 1. The molecular formula is C5H15ClN2. The first-order chi connectivity index (χ1) is 2.64. The normalized spacial score (nSPS) is 5.88. The van der Waals surface area contributed by atoms with E-state index in [2.05, 4.69) is 0 Å². The highest BCUT2D eigenvalue weighted by atomic mass is 35.5. The minimum absolute atomic E-state index is 0. The van der Waals surface area contributed by atoms with Gasteiger partial charge in [-0.1, -0.05) is 5.57 Å². The molecule has 0 atom stereocenters. The standard InChI is InChI=1S/C5H11N.ClH.H3N/c1-4(2)5(3)6;;/h6H2,1-3H3;1H;1H3. The maximum absolute atomic E-state index is 5.31. The quantitative estimate of drug-likeness (QED) is 0.537. The minimum atomic E-state index is 0. The Balaban J connectivity index is -0.000000125. The smallest absolute Gasteiger partial charge is 0.00351 e. The molecular weight excluding hydrogens is 124 g/mol. The van der Waals surface area contributed by atoms with Crippen LogP contribution < -0.4 is 11.9 Å². The highest BCUT2D eigenvalue weighted by Crippen LogP contribution is 1.90. The van der Waals surface area contributed by atoms with Crippen molar-refractivity contribution in [3.8, 4) is 0 Å². The lowest BCUT2D eigenvalue weighted by atomic mass is 10.3. The molecule has 0 spiro atoms. The molecule has 0 radical (unpaired) electrons. The molecule has 0 saturated carbocycles. The Morgan fingerprint density at radius 3 is 1.25 bits per heavy atom. The van der Waals surface area contributed by atoms with E-state index in [0.29, 0.717) is 0 Å². The van der Waals surface area contributed by atoms with Crippen LogP contribution in [-0.4, -0.2) is 0 Å². The van der Waals surface area contributed by atoms with Crippen LogP contribution in [-0.2, 0) is 0 Å². The van der Waals surface area contributed by atoms with Gasteiger partial charge in [-0.15, -0.1) is 12.4 Å². The van der Waals surface area contributed by atoms with E-state index < -0.39 is 0 Å². The van der Waals surface area contributed by atoms with Crippen molar-refractivity contribution in [3.63, 3.8) is 0 Å². The minimum Gasteiger partial charge on any atom is -0.402 e. The fourth-order valence-corrected chi connectivity index (χ4v) is 0. The van der Waals surface area contributed by atoms with Gasteiger partial charge < -0.3 is 11.9 Å². The van der Waals surface area contributed by atoms with Gasteiger partial charge in [-0.05, 0) is 20.8 Å². The summed E-state index contributed by atoms with van der Waals surface area (Å²) >= 11 is 0. The maximum Gasteiger partial charge on any atom is 0.00351 e. The lowest BCUT2D eigenvalue weighted by Crippen LogP contribution is -1.91. The molecule has 5 N–H and O–H groups in total. The van der Waals surface area contributed by atoms with Gasteiger partial charge in [-0.3, -0.25) is 0 Å². The van der Waals surface area contributed by atoms with Crippen LogP contribution in [0.25, 0.3) is 0 Å². The zero-order chi connectivity index (χ0) is 5.15. The molecule has 0 aliphatic heterocycles. The summed E-state index contributed by atoms with van der Waals surface area (Å²) in [7, 11) is 0. The van der Waals surface area contributed by atoms with Crippen molar-refractivity contribution in [1.82, 2.24) is 6.15 Å². The van der Waals surface area contributed by atoms with Crippen LogP contribution in [0.3, 0.4) is 0 Å². The van der Waals surface area contributed by atoms with Crippen LogP contribution in [0.1, 0.15) is 20.8 Å². The van der Waals surface area contributed by atoms with Crippen LogP contribution >= 0.6 is 12.4 Å². The second-order valence-corrected chi connectivity index (χ2v) is 1.68. The molecule has 0 fully saturated rings. The van der Waals surface area contributed by atoms with Gasteiger partial charge in [0.1, 0.15) is 0 Å². The summed E-state index contributed by atoms with van der Waals surface area (Å²) in [4.78, 5) is 0. The predicted molar refractivity (Wildman–Crippen MR) is 40.5 cm³/mol. The topological polar surface area (TPSA) is 61.0 Å². The van der Waals surface area contributed by atoms with Crippen molar-refractivity contribution >= 4 is 12.4 Å². The van der Waals surface area contributed by atoms with Crippen LogP contribution in [0, 0.1) is 0 Å². The molecule has 0 saturated heterocycles. The van der Waals surface area contributed by atoms with Gasteiger partial charge in [0.15, 0.2) is 0 Å². The predicted octanol–water partition coefficient (Wildman–Crippen LogP) is 1.84. The third-order valence-electron chi connectivity index (χ3n) is 0.789. The molecule has 0 aliphatic rings. The van der Waals surface area contributed by atoms with Crippen LogP contribution in [0.5, 0.6) is 0 Å². The number of halogens is 1. The van der Waals surface area contributed by atoms with Gasteiger partial charge in [-0.25, -0.2) is 0 Å². The summed E-state index contributed by atoms with van der Waals surface area (Å²) in [5.74, 6) is 0. The average molecular weight is 139 g/mol. The van der Waals surface area contributed by atoms with E-state index in [-0.39, 0.29) is 18.6 Å². The Morgan fingerprint density at radius 2 is 1.25 bits per heavy atom. The first kappa shape index (κ1) is 15.7. The lowest BCUT2D eigenvalue weighted by Gasteiger charge is -1.88. The van der Waals surface area contributed by atoms with Gasteiger partial charge in [0, 0.05) is 5.70 Å². The molecule has 0 amide bonds. The molecule has 0 unspecified atom stereocenters. The zero-order valence-corrected chi connectivity index (χ0v) is 6.51. The van der Waals surface area contributed by atoms with E-state index >= 15 is 0 Å². The Labute approximate surface area is 57.1 Å². The molecule has 0 aromatic rings. The summed E-state index contributed by atoms with van der Waals surface area (Å²) in [5, 5.41) is 0. The van der Waals surface area contributed by atoms with E-state index in [4.69, 9.17) is 5.73 Å². The van der Waals surface area contributed by atoms with E-state index in [0.717, 1.165) is 5.70 Å². The molecule has 0 bridgehead atoms. The van der Waals surface area contributed by atoms with Crippen molar-refractivity contribution in [1.29, 1.82) is 0 Å². The molecule has 0 aromatic carbocycles. The van der Waals surface area contributed by atoms with Gasteiger partial charge in [0.2, 0.25) is 0 Å². The molecule has 3 heteroatoms. The summed E-state index contributed by atoms with van der Waals surface area (Å²) in [5.41, 5.74) is 7.44. The average Bonchev–Trinajstić information content (AvgIpc) is 1.36. The van der Waals surface area contributed by atoms with Crippen molar-refractivity contribution in [2.45, 2.75) is 20.8 Å². The second-order valence-electron chi connectivity index (χ2n) is 1.68. The third kappa shape index (κ3) is 9.25. The fourth-order valence-electron chi connectivity index (χ4n) is 0. The summed E-state index contributed by atoms with van der Waals surface area (Å²) in [6, 6.07) is 0. The third-order valence-corrected chi connectivity index (χ3v) is 0.789. The maximum atomic E-state index is 5.31. The highest BCUT2D eigenvalue weighted by Gasteiger charge is 1.75. The van der Waals surface area contributed by atoms with Crippen LogP contribution in [0.2, 0.25) is 0 Å². The molecule has 8 heavy (non-hydrogen) atoms. The lowest BCUT2D eigenvalue weighted by molar-refractivity contribution is 1.19. The Kier molecular flexibility index (Phi) is 13.3. The van der Waals surface area contributed by atoms with Gasteiger partial charge in [0.05, 0.1) is 0 Å². The van der Waals surface area contributed by atoms with E-state index in [1.54, 1.807) is 0 Å².